The number of carbonyl (C=O) groups excluding carboxylic acids is 1. The average molecular weight is 639 g/mol. The summed E-state index contributed by atoms with van der Waals surface area (Å²) >= 11 is 1.79. The fourth-order valence-corrected chi connectivity index (χ4v) is 7.21. The number of fused-ring (bicyclic) bond motifs is 1. The van der Waals surface area contributed by atoms with Crippen molar-refractivity contribution in [1.29, 1.82) is 0 Å². The molecule has 2 heterocycles. The van der Waals surface area contributed by atoms with Crippen LogP contribution in [0.3, 0.4) is 0 Å². The summed E-state index contributed by atoms with van der Waals surface area (Å²) in [5, 5.41) is 1.29. The third kappa shape index (κ3) is 8.51. The second kappa shape index (κ2) is 16.5. The fraction of sp³-hybridized carbons (Fsp3) is 0.450. The molecule has 2 N–H and O–H groups in total. The lowest BCUT2D eigenvalue weighted by atomic mass is 9.80. The van der Waals surface area contributed by atoms with Gasteiger partial charge in [-0.15, -0.1) is 0 Å². The molecule has 0 amide bonds. The fourth-order valence-electron chi connectivity index (χ4n) is 6.37. The van der Waals surface area contributed by atoms with Crippen molar-refractivity contribution in [2.45, 2.75) is 92.0 Å². The van der Waals surface area contributed by atoms with Gasteiger partial charge < -0.3 is 19.4 Å². The molecule has 0 aliphatic heterocycles. The Morgan fingerprint density at radius 1 is 1.13 bits per heavy atom. The lowest BCUT2D eigenvalue weighted by Gasteiger charge is -2.25. The smallest absolute Gasteiger partial charge is 0.120 e. The largest absolute Gasteiger partial charge is 0.340 e. The second-order valence-electron chi connectivity index (χ2n) is 13.3. The number of rotatable bonds is 18. The molecule has 5 nitrogen and oxygen atoms in total. The van der Waals surface area contributed by atoms with Crippen LogP contribution in [0.4, 0.5) is 0 Å². The molecule has 0 radical (unpaired) electrons. The maximum Gasteiger partial charge on any atom is 0.120 e. The van der Waals surface area contributed by atoms with Gasteiger partial charge in [-0.2, -0.15) is 0 Å². The number of benzene rings is 2. The Morgan fingerprint density at radius 2 is 1.91 bits per heavy atom. The normalized spacial score (nSPS) is 12.4. The highest BCUT2D eigenvalue weighted by Gasteiger charge is 2.27. The van der Waals surface area contributed by atoms with E-state index in [4.69, 9.17) is 10.7 Å². The molecule has 0 aliphatic rings. The minimum atomic E-state index is -0.0324. The SMILES string of the molecule is C=C(CCc1cccc(-c2ccc3c(c2)c(CC(C)(C)CCC=O)c(-c2cccnc2C(C)CC)n3CC)c1)N(C)SCCCN. The number of aldehydes is 1. The molecule has 0 aliphatic carbocycles. The number of allylic oxidation sites excluding steroid dienone is 1. The predicted molar refractivity (Wildman–Crippen MR) is 199 cm³/mol. The van der Waals surface area contributed by atoms with E-state index < -0.39 is 0 Å². The van der Waals surface area contributed by atoms with Crippen molar-refractivity contribution in [2.75, 3.05) is 19.3 Å². The maximum absolute atomic E-state index is 11.4. The summed E-state index contributed by atoms with van der Waals surface area (Å²) in [6, 6.07) is 20.3. The van der Waals surface area contributed by atoms with Crippen molar-refractivity contribution in [3.8, 4) is 22.4 Å². The van der Waals surface area contributed by atoms with Crippen molar-refractivity contribution >= 4 is 29.1 Å². The van der Waals surface area contributed by atoms with Gasteiger partial charge in [-0.05, 0) is 110 Å². The number of aryl methyl sites for hydroxylation is 2. The lowest BCUT2D eigenvalue weighted by molar-refractivity contribution is -0.108. The zero-order valence-corrected chi connectivity index (χ0v) is 29.8. The number of carbonyl (C=O) groups is 1. The van der Waals surface area contributed by atoms with E-state index in [0.717, 1.165) is 75.0 Å². The number of hydrogen-bond acceptors (Lipinski definition) is 5. The van der Waals surface area contributed by atoms with E-state index in [1.165, 1.54) is 44.4 Å². The first kappa shape index (κ1) is 35.5. The highest BCUT2D eigenvalue weighted by molar-refractivity contribution is 7.97. The highest BCUT2D eigenvalue weighted by atomic mass is 32.2. The van der Waals surface area contributed by atoms with Crippen molar-refractivity contribution in [2.24, 2.45) is 11.1 Å². The quantitative estimate of drug-likeness (QED) is 0.0668. The van der Waals surface area contributed by atoms with Crippen LogP contribution < -0.4 is 5.73 Å². The van der Waals surface area contributed by atoms with Crippen LogP contribution in [0.2, 0.25) is 0 Å². The number of aromatic nitrogens is 2. The van der Waals surface area contributed by atoms with Gasteiger partial charge in [0.25, 0.3) is 0 Å². The minimum Gasteiger partial charge on any atom is -0.340 e. The van der Waals surface area contributed by atoms with Crippen molar-refractivity contribution < 1.29 is 4.79 Å². The zero-order chi connectivity index (χ0) is 33.3. The van der Waals surface area contributed by atoms with E-state index in [-0.39, 0.29) is 5.41 Å². The summed E-state index contributed by atoms with van der Waals surface area (Å²) < 4.78 is 4.67. The van der Waals surface area contributed by atoms with Gasteiger partial charge in [0.05, 0.1) is 11.4 Å². The van der Waals surface area contributed by atoms with Crippen LogP contribution in [0.1, 0.15) is 89.5 Å². The van der Waals surface area contributed by atoms with Crippen LogP contribution in [0, 0.1) is 5.41 Å². The lowest BCUT2D eigenvalue weighted by Crippen LogP contribution is -2.16. The van der Waals surface area contributed by atoms with Gasteiger partial charge in [0, 0.05) is 54.1 Å². The second-order valence-corrected chi connectivity index (χ2v) is 14.5. The molecule has 0 bridgehead atoms. The van der Waals surface area contributed by atoms with E-state index in [2.05, 4.69) is 112 Å². The molecule has 2 aromatic carbocycles. The molecule has 2 aromatic heterocycles. The Hall–Kier alpha value is -3.35. The molecule has 6 heteroatoms. The first-order valence-corrected chi connectivity index (χ1v) is 18.0. The molecule has 1 atom stereocenters. The van der Waals surface area contributed by atoms with Crippen molar-refractivity contribution in [1.82, 2.24) is 13.9 Å². The highest BCUT2D eigenvalue weighted by Crippen LogP contribution is 2.42. The summed E-state index contributed by atoms with van der Waals surface area (Å²) in [5.41, 5.74) is 16.8. The predicted octanol–water partition coefficient (Wildman–Crippen LogP) is 9.83. The summed E-state index contributed by atoms with van der Waals surface area (Å²) in [6.07, 6.45) is 9.21. The molecule has 0 spiro atoms. The molecular formula is C40H54N4OS. The Morgan fingerprint density at radius 3 is 2.63 bits per heavy atom. The van der Waals surface area contributed by atoms with E-state index in [9.17, 15) is 4.79 Å². The third-order valence-electron chi connectivity index (χ3n) is 9.29. The van der Waals surface area contributed by atoms with E-state index in [0.29, 0.717) is 12.3 Å². The Kier molecular flexibility index (Phi) is 12.7. The number of nitrogens with two attached hydrogens (primary N) is 1. The molecule has 0 fully saturated rings. The van der Waals surface area contributed by atoms with Gasteiger partial charge in [-0.3, -0.25) is 4.98 Å². The summed E-state index contributed by atoms with van der Waals surface area (Å²) in [7, 11) is 2.10. The zero-order valence-electron chi connectivity index (χ0n) is 28.9. The molecule has 4 rings (SSSR count). The van der Waals surface area contributed by atoms with E-state index in [1.807, 2.05) is 6.20 Å². The minimum absolute atomic E-state index is 0.0324. The molecule has 4 aromatic rings. The molecular weight excluding hydrogens is 585 g/mol. The Balaban J connectivity index is 1.78. The van der Waals surface area contributed by atoms with Crippen molar-refractivity contribution in [3.63, 3.8) is 0 Å². The van der Waals surface area contributed by atoms with Crippen LogP contribution in [-0.2, 0) is 24.2 Å². The van der Waals surface area contributed by atoms with E-state index in [1.54, 1.807) is 11.9 Å². The average Bonchev–Trinajstić information content (AvgIpc) is 3.37. The molecule has 0 saturated heterocycles. The van der Waals surface area contributed by atoms with Crippen LogP contribution in [-0.4, -0.2) is 39.5 Å². The Labute approximate surface area is 281 Å². The van der Waals surface area contributed by atoms with Gasteiger partial charge in [0.15, 0.2) is 0 Å². The first-order chi connectivity index (χ1) is 22.1. The standard InChI is InChI=1S/C40H54N4OS/c1-8-29(3)38-34(16-11-23-42-38)39-36(28-40(5,6)21-12-24-45)35-27-33(19-20-37(35)44(39)9-2)32-15-10-14-31(26-32)18-17-30(4)43(7)46-25-13-22-41/h10-11,14-16,19-20,23-24,26-27,29H,4,8-9,12-13,17-18,21-22,25,28,41H2,1-3,5-7H3. The molecule has 246 valence electrons. The van der Waals surface area contributed by atoms with Crippen LogP contribution >= 0.6 is 11.9 Å². The summed E-state index contributed by atoms with van der Waals surface area (Å²) in [6.45, 7) is 17.3. The number of nitrogens with zero attached hydrogens (tertiary/aromatic N) is 3. The van der Waals surface area contributed by atoms with Gasteiger partial charge >= 0.3 is 0 Å². The summed E-state index contributed by atoms with van der Waals surface area (Å²) in [4.78, 5) is 16.3. The van der Waals surface area contributed by atoms with Crippen molar-refractivity contribution in [3.05, 3.63) is 89.9 Å². The first-order valence-electron chi connectivity index (χ1n) is 17.0. The van der Waals surface area contributed by atoms with Crippen LogP contribution in [0.25, 0.3) is 33.3 Å². The van der Waals surface area contributed by atoms with Gasteiger partial charge in [0.1, 0.15) is 6.29 Å². The molecule has 1 unspecified atom stereocenters. The Bertz CT molecular complexity index is 1620. The topological polar surface area (TPSA) is 64.2 Å². The monoisotopic (exact) mass is 638 g/mol. The van der Waals surface area contributed by atoms with E-state index >= 15 is 0 Å². The van der Waals surface area contributed by atoms with Gasteiger partial charge in [0.2, 0.25) is 0 Å². The maximum atomic E-state index is 11.4. The summed E-state index contributed by atoms with van der Waals surface area (Å²) in [5.74, 6) is 1.37. The number of hydrogen-bond donors (Lipinski definition) is 1. The van der Waals surface area contributed by atoms with Crippen LogP contribution in [0.5, 0.6) is 0 Å². The van der Waals surface area contributed by atoms with Gasteiger partial charge in [-0.25, -0.2) is 0 Å². The third-order valence-corrected chi connectivity index (χ3v) is 10.4. The van der Waals surface area contributed by atoms with Crippen LogP contribution in [0.15, 0.2) is 73.1 Å². The van der Waals surface area contributed by atoms with Gasteiger partial charge in [-0.1, -0.05) is 76.6 Å². The number of pyridine rings is 1. The molecule has 46 heavy (non-hydrogen) atoms. The molecule has 0 saturated carbocycles.